The average Bonchev–Trinajstić information content (AvgIpc) is 2.36. The summed E-state index contributed by atoms with van der Waals surface area (Å²) in [5.41, 5.74) is 0. The monoisotopic (exact) mass is 452 g/mol. The Balaban J connectivity index is 2.63. The summed E-state index contributed by atoms with van der Waals surface area (Å²) in [5, 5.41) is 0. The van der Waals surface area contributed by atoms with Gasteiger partial charge in [0, 0.05) is 13.4 Å². The van der Waals surface area contributed by atoms with Gasteiger partial charge in [0.05, 0.1) is 9.79 Å². The second-order valence-corrected chi connectivity index (χ2v) is 7.97. The van der Waals surface area contributed by atoms with Crippen LogP contribution < -0.4 is 0 Å². The van der Waals surface area contributed by atoms with Gasteiger partial charge >= 0.3 is 0 Å². The van der Waals surface area contributed by atoms with Crippen LogP contribution in [0.15, 0.2) is 65.7 Å². The summed E-state index contributed by atoms with van der Waals surface area (Å²) >= 11 is 9.99. The molecule has 2 aromatic carbocycles. The second kappa shape index (κ2) is 5.45. The van der Waals surface area contributed by atoms with Gasteiger partial charge in [-0.05, 0) is 72.1 Å². The lowest BCUT2D eigenvalue weighted by Crippen LogP contribution is -2.02. The van der Waals surface area contributed by atoms with E-state index in [9.17, 15) is 8.42 Å². The van der Waals surface area contributed by atoms with Crippen LogP contribution in [0.5, 0.6) is 0 Å². The topological polar surface area (TPSA) is 34.1 Å². The normalized spacial score (nSPS) is 11.5. The summed E-state index contributed by atoms with van der Waals surface area (Å²) in [6.45, 7) is 0. The predicted molar refractivity (Wildman–Crippen MR) is 81.4 cm³/mol. The van der Waals surface area contributed by atoms with E-state index in [4.69, 9.17) is 0 Å². The van der Waals surface area contributed by atoms with Gasteiger partial charge in [0.15, 0.2) is 0 Å². The SMILES string of the molecule is O=S(=O)(c1ccccc1)c1cc(Br)c(Br)c(Br)c1. The maximum absolute atomic E-state index is 12.4. The quantitative estimate of drug-likeness (QED) is 0.610. The Morgan fingerprint density at radius 2 is 1.28 bits per heavy atom. The molecule has 0 saturated carbocycles. The van der Waals surface area contributed by atoms with E-state index in [1.807, 2.05) is 0 Å². The zero-order valence-corrected chi connectivity index (χ0v) is 14.5. The Kier molecular flexibility index (Phi) is 4.31. The van der Waals surface area contributed by atoms with Crippen molar-refractivity contribution < 1.29 is 8.42 Å². The minimum atomic E-state index is -3.48. The minimum Gasteiger partial charge on any atom is -0.219 e. The Morgan fingerprint density at radius 1 is 0.778 bits per heavy atom. The standard InChI is InChI=1S/C12H7Br3O2S/c13-10-6-9(7-11(14)12(10)15)18(16,17)8-4-2-1-3-5-8/h1-7H. The fourth-order valence-corrected chi connectivity index (χ4v) is 4.48. The summed E-state index contributed by atoms with van der Waals surface area (Å²) in [6, 6.07) is 11.5. The number of benzene rings is 2. The third-order valence-corrected chi connectivity index (χ3v) is 7.24. The van der Waals surface area contributed by atoms with Gasteiger partial charge in [-0.3, -0.25) is 0 Å². The highest BCUT2D eigenvalue weighted by molar-refractivity contribution is 9.14. The molecule has 0 bridgehead atoms. The molecule has 0 aliphatic rings. The van der Waals surface area contributed by atoms with Crippen LogP contribution in [0.25, 0.3) is 0 Å². The largest absolute Gasteiger partial charge is 0.219 e. The molecule has 2 aromatic rings. The molecule has 0 heterocycles. The van der Waals surface area contributed by atoms with Crippen LogP contribution in [0.2, 0.25) is 0 Å². The van der Waals surface area contributed by atoms with Gasteiger partial charge < -0.3 is 0 Å². The molecule has 18 heavy (non-hydrogen) atoms. The smallest absolute Gasteiger partial charge is 0.206 e. The molecule has 0 aliphatic carbocycles. The van der Waals surface area contributed by atoms with Crippen molar-refractivity contribution in [3.05, 3.63) is 55.9 Å². The second-order valence-electron chi connectivity index (χ2n) is 3.52. The number of hydrogen-bond acceptors (Lipinski definition) is 2. The lowest BCUT2D eigenvalue weighted by Gasteiger charge is -2.07. The van der Waals surface area contributed by atoms with Crippen LogP contribution in [0.4, 0.5) is 0 Å². The summed E-state index contributed by atoms with van der Waals surface area (Å²) in [4.78, 5) is 0.529. The molecule has 0 aromatic heterocycles. The van der Waals surface area contributed by atoms with Crippen molar-refractivity contribution in [1.82, 2.24) is 0 Å². The van der Waals surface area contributed by atoms with Crippen LogP contribution in [0.1, 0.15) is 0 Å². The maximum atomic E-state index is 12.4. The third kappa shape index (κ3) is 2.71. The summed E-state index contributed by atoms with van der Waals surface area (Å²) in [6.07, 6.45) is 0. The van der Waals surface area contributed by atoms with Gasteiger partial charge in [0.25, 0.3) is 0 Å². The van der Waals surface area contributed by atoms with Crippen LogP contribution in [0, 0.1) is 0 Å². The van der Waals surface area contributed by atoms with Crippen LogP contribution in [0.3, 0.4) is 0 Å². The van der Waals surface area contributed by atoms with Crippen LogP contribution in [-0.2, 0) is 9.84 Å². The Hall–Kier alpha value is -0.170. The molecule has 0 N–H and O–H groups in total. The van der Waals surface area contributed by atoms with Crippen LogP contribution >= 0.6 is 47.8 Å². The number of rotatable bonds is 2. The van der Waals surface area contributed by atoms with Crippen molar-refractivity contribution in [1.29, 1.82) is 0 Å². The molecular weight excluding hydrogens is 448 g/mol. The molecular formula is C12H7Br3O2S. The Bertz CT molecular complexity index is 659. The molecule has 0 saturated heterocycles. The van der Waals surface area contributed by atoms with Crippen molar-refractivity contribution in [3.63, 3.8) is 0 Å². The highest BCUT2D eigenvalue weighted by Gasteiger charge is 2.19. The highest BCUT2D eigenvalue weighted by Crippen LogP contribution is 2.35. The summed E-state index contributed by atoms with van der Waals surface area (Å²) in [7, 11) is -3.48. The molecule has 0 aliphatic heterocycles. The molecule has 0 atom stereocenters. The van der Waals surface area contributed by atoms with Gasteiger partial charge in [-0.15, -0.1) is 0 Å². The van der Waals surface area contributed by atoms with E-state index in [2.05, 4.69) is 47.8 Å². The van der Waals surface area contributed by atoms with Gasteiger partial charge in [0.2, 0.25) is 9.84 Å². The third-order valence-electron chi connectivity index (χ3n) is 2.32. The van der Waals surface area contributed by atoms with Crippen molar-refractivity contribution in [2.75, 3.05) is 0 Å². The molecule has 2 rings (SSSR count). The van der Waals surface area contributed by atoms with Crippen molar-refractivity contribution in [2.45, 2.75) is 9.79 Å². The van der Waals surface area contributed by atoms with E-state index in [0.717, 1.165) is 4.47 Å². The fourth-order valence-electron chi connectivity index (χ4n) is 1.42. The zero-order chi connectivity index (χ0) is 13.3. The summed E-state index contributed by atoms with van der Waals surface area (Å²) in [5.74, 6) is 0. The first-order chi connectivity index (χ1) is 8.43. The molecule has 0 spiro atoms. The van der Waals surface area contributed by atoms with E-state index < -0.39 is 9.84 Å². The summed E-state index contributed by atoms with van der Waals surface area (Å²) < 4.78 is 26.9. The lowest BCUT2D eigenvalue weighted by atomic mass is 10.4. The molecule has 94 valence electrons. The van der Waals surface area contributed by atoms with Gasteiger partial charge in [-0.2, -0.15) is 0 Å². The minimum absolute atomic E-state index is 0.246. The first kappa shape index (κ1) is 14.2. The molecule has 0 radical (unpaired) electrons. The number of halogens is 3. The molecule has 0 unspecified atom stereocenters. The Morgan fingerprint density at radius 3 is 1.78 bits per heavy atom. The molecule has 6 heteroatoms. The first-order valence-electron chi connectivity index (χ1n) is 4.87. The van der Waals surface area contributed by atoms with Crippen molar-refractivity contribution in [2.24, 2.45) is 0 Å². The maximum Gasteiger partial charge on any atom is 0.206 e. The predicted octanol–water partition coefficient (Wildman–Crippen LogP) is 4.81. The highest BCUT2D eigenvalue weighted by atomic mass is 79.9. The molecule has 0 fully saturated rings. The molecule has 2 nitrogen and oxygen atoms in total. The van der Waals surface area contributed by atoms with Gasteiger partial charge in [-0.1, -0.05) is 18.2 Å². The van der Waals surface area contributed by atoms with E-state index in [-0.39, 0.29) is 9.79 Å². The van der Waals surface area contributed by atoms with E-state index in [1.54, 1.807) is 42.5 Å². The number of hydrogen-bond donors (Lipinski definition) is 0. The number of sulfone groups is 1. The zero-order valence-electron chi connectivity index (χ0n) is 8.90. The van der Waals surface area contributed by atoms with E-state index in [1.165, 1.54) is 0 Å². The van der Waals surface area contributed by atoms with Gasteiger partial charge in [-0.25, -0.2) is 8.42 Å². The fraction of sp³-hybridized carbons (Fsp3) is 0. The first-order valence-corrected chi connectivity index (χ1v) is 8.74. The van der Waals surface area contributed by atoms with E-state index in [0.29, 0.717) is 8.95 Å². The van der Waals surface area contributed by atoms with E-state index >= 15 is 0 Å². The average molecular weight is 455 g/mol. The Labute approximate surface area is 131 Å². The lowest BCUT2D eigenvalue weighted by molar-refractivity contribution is 0.596. The van der Waals surface area contributed by atoms with Crippen molar-refractivity contribution >= 4 is 57.6 Å². The van der Waals surface area contributed by atoms with Crippen molar-refractivity contribution in [3.8, 4) is 0 Å². The van der Waals surface area contributed by atoms with Crippen LogP contribution in [-0.4, -0.2) is 8.42 Å². The molecule has 0 amide bonds. The van der Waals surface area contributed by atoms with Gasteiger partial charge in [0.1, 0.15) is 0 Å².